The van der Waals surface area contributed by atoms with Gasteiger partial charge in [0.15, 0.2) is 11.5 Å². The molecule has 2 aromatic carbocycles. The Labute approximate surface area is 126 Å². The average Bonchev–Trinajstić information content (AvgIpc) is 2.93. The summed E-state index contributed by atoms with van der Waals surface area (Å²) >= 11 is 5.87. The largest absolute Gasteiger partial charge is 0.454 e. The summed E-state index contributed by atoms with van der Waals surface area (Å²) in [5.41, 5.74) is 0.824. The highest BCUT2D eigenvalue weighted by molar-refractivity contribution is 6.30. The van der Waals surface area contributed by atoms with Crippen molar-refractivity contribution in [3.63, 3.8) is 0 Å². The van der Waals surface area contributed by atoms with E-state index in [1.165, 1.54) is 6.08 Å². The van der Waals surface area contributed by atoms with E-state index in [4.69, 9.17) is 25.8 Å². The highest BCUT2D eigenvalue weighted by atomic mass is 35.5. The topological polar surface area (TPSA) is 44.8 Å². The number of hydrogen-bond donors (Lipinski definition) is 0. The average molecular weight is 303 g/mol. The molecule has 0 aromatic heterocycles. The highest BCUT2D eigenvalue weighted by Crippen LogP contribution is 2.35. The second-order valence-corrected chi connectivity index (χ2v) is 4.76. The van der Waals surface area contributed by atoms with Gasteiger partial charge in [-0.25, -0.2) is 4.79 Å². The van der Waals surface area contributed by atoms with Crippen molar-refractivity contribution in [1.29, 1.82) is 0 Å². The van der Waals surface area contributed by atoms with Gasteiger partial charge in [0.05, 0.1) is 0 Å². The van der Waals surface area contributed by atoms with Crippen LogP contribution >= 0.6 is 11.6 Å². The zero-order chi connectivity index (χ0) is 14.7. The van der Waals surface area contributed by atoms with Crippen molar-refractivity contribution in [2.75, 3.05) is 6.79 Å². The molecule has 106 valence electrons. The molecule has 0 radical (unpaired) electrons. The molecule has 1 aliphatic heterocycles. The molecular weight excluding hydrogens is 292 g/mol. The molecule has 0 aliphatic carbocycles. The molecule has 0 atom stereocenters. The Bertz CT molecular complexity index is 709. The van der Waals surface area contributed by atoms with Gasteiger partial charge in [0.1, 0.15) is 5.75 Å². The van der Waals surface area contributed by atoms with Crippen molar-refractivity contribution in [2.45, 2.75) is 0 Å². The third kappa shape index (κ3) is 3.35. The molecular formula is C16H11ClO4. The van der Waals surface area contributed by atoms with E-state index in [0.717, 1.165) is 5.56 Å². The predicted molar refractivity (Wildman–Crippen MR) is 78.7 cm³/mol. The molecule has 0 unspecified atom stereocenters. The first-order valence-corrected chi connectivity index (χ1v) is 6.64. The summed E-state index contributed by atoms with van der Waals surface area (Å²) in [4.78, 5) is 11.8. The summed E-state index contributed by atoms with van der Waals surface area (Å²) in [6.07, 6.45) is 2.98. The molecule has 5 heteroatoms. The van der Waals surface area contributed by atoms with Crippen LogP contribution in [0.2, 0.25) is 5.02 Å². The van der Waals surface area contributed by atoms with Gasteiger partial charge < -0.3 is 14.2 Å². The predicted octanol–water partition coefficient (Wildman–Crippen LogP) is 3.69. The molecule has 0 amide bonds. The van der Waals surface area contributed by atoms with E-state index in [9.17, 15) is 4.79 Å². The van der Waals surface area contributed by atoms with E-state index in [-0.39, 0.29) is 6.79 Å². The van der Waals surface area contributed by atoms with Crippen molar-refractivity contribution < 1.29 is 19.0 Å². The SMILES string of the molecule is O=C(/C=C/c1cccc(Cl)c1)Oc1ccc2c(c1)OCO2. The second-order valence-electron chi connectivity index (χ2n) is 4.32. The van der Waals surface area contributed by atoms with E-state index in [1.54, 1.807) is 36.4 Å². The normalized spacial score (nSPS) is 12.6. The van der Waals surface area contributed by atoms with Crippen molar-refractivity contribution >= 4 is 23.6 Å². The van der Waals surface area contributed by atoms with Crippen LogP contribution in [0.5, 0.6) is 17.2 Å². The molecule has 0 saturated carbocycles. The Morgan fingerprint density at radius 1 is 1.14 bits per heavy atom. The second kappa shape index (κ2) is 5.89. The van der Waals surface area contributed by atoms with Gasteiger partial charge in [-0.1, -0.05) is 23.7 Å². The molecule has 21 heavy (non-hydrogen) atoms. The lowest BCUT2D eigenvalue weighted by atomic mass is 10.2. The summed E-state index contributed by atoms with van der Waals surface area (Å²) in [5, 5.41) is 0.612. The Hall–Kier alpha value is -2.46. The summed E-state index contributed by atoms with van der Waals surface area (Å²) in [6.45, 7) is 0.182. The van der Waals surface area contributed by atoms with Gasteiger partial charge in [0, 0.05) is 17.2 Å². The van der Waals surface area contributed by atoms with Crippen molar-refractivity contribution in [3.05, 3.63) is 59.1 Å². The zero-order valence-electron chi connectivity index (χ0n) is 10.9. The van der Waals surface area contributed by atoms with Gasteiger partial charge in [-0.3, -0.25) is 0 Å². The molecule has 2 aromatic rings. The van der Waals surface area contributed by atoms with Crippen LogP contribution in [0, 0.1) is 0 Å². The number of benzene rings is 2. The lowest BCUT2D eigenvalue weighted by Gasteiger charge is -2.02. The first kappa shape index (κ1) is 13.5. The van der Waals surface area contributed by atoms with Gasteiger partial charge >= 0.3 is 5.97 Å². The van der Waals surface area contributed by atoms with Crippen LogP contribution < -0.4 is 14.2 Å². The molecule has 0 saturated heterocycles. The third-order valence-electron chi connectivity index (χ3n) is 2.82. The zero-order valence-corrected chi connectivity index (χ0v) is 11.7. The standard InChI is InChI=1S/C16H11ClO4/c17-12-3-1-2-11(8-12)4-7-16(18)21-13-5-6-14-15(9-13)20-10-19-14/h1-9H,10H2/b7-4+. The fourth-order valence-electron chi connectivity index (χ4n) is 1.87. The fraction of sp³-hybridized carbons (Fsp3) is 0.0625. The number of halogens is 1. The van der Waals surface area contributed by atoms with Crippen LogP contribution in [-0.4, -0.2) is 12.8 Å². The lowest BCUT2D eigenvalue weighted by molar-refractivity contribution is -0.128. The summed E-state index contributed by atoms with van der Waals surface area (Å²) in [7, 11) is 0. The molecule has 0 fully saturated rings. The maximum atomic E-state index is 11.8. The van der Waals surface area contributed by atoms with E-state index in [1.807, 2.05) is 12.1 Å². The van der Waals surface area contributed by atoms with Gasteiger partial charge in [0.25, 0.3) is 0 Å². The van der Waals surface area contributed by atoms with Gasteiger partial charge in [-0.2, -0.15) is 0 Å². The number of fused-ring (bicyclic) bond motifs is 1. The minimum atomic E-state index is -0.478. The van der Waals surface area contributed by atoms with Crippen LogP contribution in [0.3, 0.4) is 0 Å². The van der Waals surface area contributed by atoms with Crippen LogP contribution in [0.4, 0.5) is 0 Å². The highest BCUT2D eigenvalue weighted by Gasteiger charge is 2.14. The quantitative estimate of drug-likeness (QED) is 0.493. The Balaban J connectivity index is 1.66. The monoisotopic (exact) mass is 302 g/mol. The molecule has 3 rings (SSSR count). The van der Waals surface area contributed by atoms with E-state index in [2.05, 4.69) is 0 Å². The summed E-state index contributed by atoms with van der Waals surface area (Å²) in [5.74, 6) is 1.14. The number of carbonyl (C=O) groups is 1. The number of rotatable bonds is 3. The molecule has 0 bridgehead atoms. The minimum absolute atomic E-state index is 0.182. The molecule has 0 N–H and O–H groups in total. The summed E-state index contributed by atoms with van der Waals surface area (Å²) in [6, 6.07) is 12.1. The summed E-state index contributed by atoms with van der Waals surface area (Å²) < 4.78 is 15.6. The van der Waals surface area contributed by atoms with Crippen LogP contribution in [0.15, 0.2) is 48.5 Å². The van der Waals surface area contributed by atoms with Crippen molar-refractivity contribution in [3.8, 4) is 17.2 Å². The maximum Gasteiger partial charge on any atom is 0.336 e. The van der Waals surface area contributed by atoms with Crippen molar-refractivity contribution in [1.82, 2.24) is 0 Å². The van der Waals surface area contributed by atoms with E-state index >= 15 is 0 Å². The Morgan fingerprint density at radius 2 is 2.00 bits per heavy atom. The number of carbonyl (C=O) groups excluding carboxylic acids is 1. The minimum Gasteiger partial charge on any atom is -0.454 e. The van der Waals surface area contributed by atoms with E-state index in [0.29, 0.717) is 22.3 Å². The van der Waals surface area contributed by atoms with Gasteiger partial charge in [-0.15, -0.1) is 0 Å². The maximum absolute atomic E-state index is 11.8. The lowest BCUT2D eigenvalue weighted by Crippen LogP contribution is -2.03. The van der Waals surface area contributed by atoms with Crippen LogP contribution in [0.1, 0.15) is 5.56 Å². The van der Waals surface area contributed by atoms with Crippen LogP contribution in [0.25, 0.3) is 6.08 Å². The van der Waals surface area contributed by atoms with E-state index < -0.39 is 5.97 Å². The Morgan fingerprint density at radius 3 is 2.86 bits per heavy atom. The number of ether oxygens (including phenoxy) is 3. The number of hydrogen-bond acceptors (Lipinski definition) is 4. The Kier molecular flexibility index (Phi) is 3.79. The number of esters is 1. The molecule has 1 heterocycles. The van der Waals surface area contributed by atoms with Gasteiger partial charge in [0.2, 0.25) is 6.79 Å². The molecule has 1 aliphatic rings. The van der Waals surface area contributed by atoms with Crippen molar-refractivity contribution in [2.24, 2.45) is 0 Å². The smallest absolute Gasteiger partial charge is 0.336 e. The van der Waals surface area contributed by atoms with Gasteiger partial charge in [-0.05, 0) is 35.9 Å². The molecule has 0 spiro atoms. The molecule has 4 nitrogen and oxygen atoms in total. The third-order valence-corrected chi connectivity index (χ3v) is 3.06. The fourth-order valence-corrected chi connectivity index (χ4v) is 2.06. The van der Waals surface area contributed by atoms with Crippen LogP contribution in [-0.2, 0) is 4.79 Å². The first-order chi connectivity index (χ1) is 10.2. The first-order valence-electron chi connectivity index (χ1n) is 6.26.